The second-order valence-electron chi connectivity index (χ2n) is 4.99. The van der Waals surface area contributed by atoms with Crippen LogP contribution in [-0.4, -0.2) is 30.8 Å². The number of carbonyl (C=O) groups excluding carboxylic acids is 1. The van der Waals surface area contributed by atoms with Gasteiger partial charge in [0.2, 0.25) is 7.85 Å². The Morgan fingerprint density at radius 3 is 2.39 bits per heavy atom. The molecule has 0 saturated heterocycles. The summed E-state index contributed by atoms with van der Waals surface area (Å²) in [6.45, 7) is 0.374. The van der Waals surface area contributed by atoms with Crippen molar-refractivity contribution in [3.8, 4) is 5.75 Å². The minimum Gasteiger partial charge on any atom is -0.489 e. The van der Waals surface area contributed by atoms with Crippen molar-refractivity contribution in [2.75, 3.05) is 0 Å². The predicted molar refractivity (Wildman–Crippen MR) is 86.6 cm³/mol. The van der Waals surface area contributed by atoms with Gasteiger partial charge in [0.15, 0.2) is 5.81 Å². The Hall–Kier alpha value is -2.76. The zero-order valence-electron chi connectivity index (χ0n) is 12.4. The second kappa shape index (κ2) is 8.03. The molecule has 0 aliphatic rings. The lowest BCUT2D eigenvalue weighted by Crippen LogP contribution is -2.41. The van der Waals surface area contributed by atoms with E-state index in [0.29, 0.717) is 17.9 Å². The molecule has 5 nitrogen and oxygen atoms in total. The van der Waals surface area contributed by atoms with Crippen LogP contribution < -0.4 is 10.1 Å². The third-order valence-electron chi connectivity index (χ3n) is 3.25. The molecule has 0 spiro atoms. The van der Waals surface area contributed by atoms with Crippen molar-refractivity contribution in [3.63, 3.8) is 0 Å². The summed E-state index contributed by atoms with van der Waals surface area (Å²) in [5.74, 6) is -1.45. The Morgan fingerprint density at radius 2 is 1.74 bits per heavy atom. The summed E-state index contributed by atoms with van der Waals surface area (Å²) in [5, 5.41) is 11.4. The molecule has 2 aromatic carbocycles. The molecular weight excluding hydrogens is 293 g/mol. The van der Waals surface area contributed by atoms with Crippen LogP contribution in [0.1, 0.15) is 11.1 Å². The summed E-state index contributed by atoms with van der Waals surface area (Å²) in [6.07, 6.45) is 0.0865. The average molecular weight is 309 g/mol. The molecule has 2 radical (unpaired) electrons. The van der Waals surface area contributed by atoms with Crippen LogP contribution in [0.2, 0.25) is 0 Å². The fraction of sp³-hybridized carbons (Fsp3) is 0.176. The van der Waals surface area contributed by atoms with Crippen LogP contribution in [0.4, 0.5) is 4.79 Å². The number of carboxylic acid groups (broad SMARTS) is 1. The number of ether oxygens (including phenoxy) is 1. The molecule has 0 aliphatic heterocycles. The largest absolute Gasteiger partial charge is 0.489 e. The number of carbonyl (C=O) groups is 2. The summed E-state index contributed by atoms with van der Waals surface area (Å²) in [6, 6.07) is 15.7. The van der Waals surface area contributed by atoms with Crippen molar-refractivity contribution in [2.45, 2.75) is 19.1 Å². The van der Waals surface area contributed by atoms with Gasteiger partial charge in [-0.3, -0.25) is 4.79 Å². The van der Waals surface area contributed by atoms with E-state index < -0.39 is 17.8 Å². The van der Waals surface area contributed by atoms with E-state index in [0.717, 1.165) is 5.56 Å². The van der Waals surface area contributed by atoms with Gasteiger partial charge in [0, 0.05) is 6.42 Å². The molecule has 0 bridgehead atoms. The second-order valence-corrected chi connectivity index (χ2v) is 4.99. The Labute approximate surface area is 135 Å². The SMILES string of the molecule is [B]C(=O)N[C@H](Cc1ccccc1OCc1ccccc1)C(=O)O. The highest BCUT2D eigenvalue weighted by molar-refractivity contribution is 6.57. The molecule has 1 atom stereocenters. The van der Waals surface area contributed by atoms with E-state index in [4.69, 9.17) is 12.6 Å². The number of benzene rings is 2. The van der Waals surface area contributed by atoms with E-state index >= 15 is 0 Å². The first-order valence-corrected chi connectivity index (χ1v) is 7.09. The number of rotatable bonds is 7. The lowest BCUT2D eigenvalue weighted by atomic mass is 10.0. The summed E-state index contributed by atoms with van der Waals surface area (Å²) in [7, 11) is 5.01. The van der Waals surface area contributed by atoms with Crippen LogP contribution in [-0.2, 0) is 17.8 Å². The molecule has 23 heavy (non-hydrogen) atoms. The fourth-order valence-corrected chi connectivity index (χ4v) is 2.14. The van der Waals surface area contributed by atoms with E-state index in [-0.39, 0.29) is 6.42 Å². The lowest BCUT2D eigenvalue weighted by Gasteiger charge is -2.16. The number of nitrogens with one attached hydrogen (secondary N) is 1. The fourth-order valence-electron chi connectivity index (χ4n) is 2.14. The van der Waals surface area contributed by atoms with Gasteiger partial charge in [-0.05, 0) is 17.2 Å². The zero-order chi connectivity index (χ0) is 16.7. The van der Waals surface area contributed by atoms with Crippen LogP contribution in [0.5, 0.6) is 5.75 Å². The lowest BCUT2D eigenvalue weighted by molar-refractivity contribution is -0.139. The van der Waals surface area contributed by atoms with Gasteiger partial charge < -0.3 is 15.2 Å². The maximum Gasteiger partial charge on any atom is 0.326 e. The maximum atomic E-state index is 11.2. The molecule has 0 saturated carbocycles. The molecule has 0 unspecified atom stereocenters. The number of aliphatic carboxylic acids is 1. The summed E-state index contributed by atoms with van der Waals surface area (Å²) in [5.41, 5.74) is 1.69. The maximum absolute atomic E-state index is 11.2. The highest BCUT2D eigenvalue weighted by Crippen LogP contribution is 2.21. The molecule has 0 aliphatic carbocycles. The van der Waals surface area contributed by atoms with Crippen LogP contribution in [0.3, 0.4) is 0 Å². The first-order chi connectivity index (χ1) is 11.1. The van der Waals surface area contributed by atoms with E-state index in [2.05, 4.69) is 5.32 Å². The third-order valence-corrected chi connectivity index (χ3v) is 3.25. The monoisotopic (exact) mass is 309 g/mol. The highest BCUT2D eigenvalue weighted by Gasteiger charge is 2.20. The Morgan fingerprint density at radius 1 is 1.09 bits per heavy atom. The number of hydrogen-bond acceptors (Lipinski definition) is 3. The van der Waals surface area contributed by atoms with E-state index in [1.807, 2.05) is 30.3 Å². The van der Waals surface area contributed by atoms with Gasteiger partial charge in [0.05, 0.1) is 0 Å². The normalized spacial score (nSPS) is 11.5. The topological polar surface area (TPSA) is 75.6 Å². The van der Waals surface area contributed by atoms with Crippen molar-refractivity contribution < 1.29 is 19.4 Å². The van der Waals surface area contributed by atoms with Gasteiger partial charge in [0.1, 0.15) is 18.4 Å². The van der Waals surface area contributed by atoms with Gasteiger partial charge in [0.25, 0.3) is 0 Å². The van der Waals surface area contributed by atoms with Crippen LogP contribution in [0, 0.1) is 0 Å². The minimum absolute atomic E-state index is 0.0865. The van der Waals surface area contributed by atoms with Gasteiger partial charge in [-0.15, -0.1) is 0 Å². The van der Waals surface area contributed by atoms with Crippen LogP contribution in [0.25, 0.3) is 0 Å². The molecule has 2 N–H and O–H groups in total. The van der Waals surface area contributed by atoms with Gasteiger partial charge in [-0.25, -0.2) is 4.79 Å². The van der Waals surface area contributed by atoms with Gasteiger partial charge in [-0.2, -0.15) is 0 Å². The van der Waals surface area contributed by atoms with Crippen molar-refractivity contribution in [1.29, 1.82) is 0 Å². The molecule has 2 aromatic rings. The molecule has 1 amide bonds. The summed E-state index contributed by atoms with van der Waals surface area (Å²) >= 11 is 0. The molecule has 6 heteroatoms. The molecule has 2 rings (SSSR count). The van der Waals surface area contributed by atoms with E-state index in [9.17, 15) is 14.7 Å². The number of amides is 1. The predicted octanol–water partition coefficient (Wildman–Crippen LogP) is 2.14. The quantitative estimate of drug-likeness (QED) is 0.768. The molecule has 0 fully saturated rings. The Balaban J connectivity index is 2.10. The van der Waals surface area contributed by atoms with Crippen molar-refractivity contribution in [3.05, 3.63) is 65.7 Å². The minimum atomic E-state index is -1.15. The standard InChI is InChI=1S/C17H16BNO4/c18-17(22)19-14(16(20)21)10-13-8-4-5-9-15(13)23-11-12-6-2-1-3-7-12/h1-9,14H,10-11H2,(H,19,22)(H,20,21)/t14-/m1/s1. The van der Waals surface area contributed by atoms with Crippen molar-refractivity contribution in [1.82, 2.24) is 5.32 Å². The summed E-state index contributed by atoms with van der Waals surface area (Å²) < 4.78 is 5.77. The first kappa shape index (κ1) is 16.6. The Bertz CT molecular complexity index is 675. The highest BCUT2D eigenvalue weighted by atomic mass is 16.5. The molecule has 116 valence electrons. The molecule has 0 aromatic heterocycles. The zero-order valence-corrected chi connectivity index (χ0v) is 12.4. The smallest absolute Gasteiger partial charge is 0.326 e. The van der Waals surface area contributed by atoms with Crippen molar-refractivity contribution in [2.24, 2.45) is 0 Å². The van der Waals surface area contributed by atoms with E-state index in [1.165, 1.54) is 0 Å². The molecular formula is C17H16BNO4. The first-order valence-electron chi connectivity index (χ1n) is 7.09. The Kier molecular flexibility index (Phi) is 5.80. The molecule has 0 heterocycles. The van der Waals surface area contributed by atoms with E-state index in [1.54, 1.807) is 24.3 Å². The van der Waals surface area contributed by atoms with Crippen LogP contribution in [0.15, 0.2) is 54.6 Å². The number of hydrogen-bond donors (Lipinski definition) is 2. The van der Waals surface area contributed by atoms with Crippen molar-refractivity contribution >= 4 is 19.6 Å². The van der Waals surface area contributed by atoms with Gasteiger partial charge >= 0.3 is 5.97 Å². The number of carboxylic acids is 1. The van der Waals surface area contributed by atoms with Gasteiger partial charge in [-0.1, -0.05) is 48.5 Å². The number of para-hydroxylation sites is 1. The van der Waals surface area contributed by atoms with Crippen LogP contribution >= 0.6 is 0 Å². The average Bonchev–Trinajstić information content (AvgIpc) is 2.54. The summed E-state index contributed by atoms with van der Waals surface area (Å²) in [4.78, 5) is 22.1. The third kappa shape index (κ3) is 5.18.